The minimum atomic E-state index is -0.894. The number of fused-ring (bicyclic) bond motifs is 1. The maximum atomic E-state index is 13.3. The number of carbonyl (C=O) groups is 1. The van der Waals surface area contributed by atoms with Gasteiger partial charge < -0.3 is 15.3 Å². The van der Waals surface area contributed by atoms with Crippen molar-refractivity contribution < 1.29 is 14.3 Å². The summed E-state index contributed by atoms with van der Waals surface area (Å²) < 4.78 is 13.3. The van der Waals surface area contributed by atoms with Crippen molar-refractivity contribution >= 4 is 22.7 Å². The van der Waals surface area contributed by atoms with E-state index in [-0.39, 0.29) is 11.9 Å². The Morgan fingerprint density at radius 1 is 1.43 bits per heavy atom. The highest BCUT2D eigenvalue weighted by atomic mass is 19.1. The number of halogens is 1. The SMILES string of the molecule is O=C(O)N1CCC[C@@H](Nc2nccc3cc(F)ccc23)C1. The Bertz CT molecular complexity index is 677. The number of nitrogens with zero attached hydrogens (tertiary/aromatic N) is 2. The Balaban J connectivity index is 1.83. The number of likely N-dealkylation sites (tertiary alicyclic amines) is 1. The Kier molecular flexibility index (Phi) is 3.60. The summed E-state index contributed by atoms with van der Waals surface area (Å²) in [6.07, 6.45) is 2.45. The minimum Gasteiger partial charge on any atom is -0.465 e. The van der Waals surface area contributed by atoms with Crippen LogP contribution >= 0.6 is 0 Å². The Labute approximate surface area is 121 Å². The van der Waals surface area contributed by atoms with Crippen LogP contribution in [0.4, 0.5) is 15.0 Å². The first-order valence-corrected chi connectivity index (χ1v) is 6.92. The van der Waals surface area contributed by atoms with E-state index in [1.807, 2.05) is 0 Å². The molecule has 2 aromatic rings. The van der Waals surface area contributed by atoms with E-state index >= 15 is 0 Å². The van der Waals surface area contributed by atoms with Gasteiger partial charge >= 0.3 is 6.09 Å². The molecule has 2 heterocycles. The molecule has 3 rings (SSSR count). The number of pyridine rings is 1. The average Bonchev–Trinajstić information content (AvgIpc) is 2.47. The number of anilines is 1. The first-order valence-electron chi connectivity index (χ1n) is 6.92. The number of piperidine rings is 1. The van der Waals surface area contributed by atoms with Gasteiger partial charge in [-0.2, -0.15) is 0 Å². The fourth-order valence-electron chi connectivity index (χ4n) is 2.73. The van der Waals surface area contributed by atoms with Crippen LogP contribution in [0, 0.1) is 5.82 Å². The number of hydrogen-bond donors (Lipinski definition) is 2. The molecule has 21 heavy (non-hydrogen) atoms. The van der Waals surface area contributed by atoms with Gasteiger partial charge in [-0.05, 0) is 42.5 Å². The van der Waals surface area contributed by atoms with Crippen molar-refractivity contribution in [2.24, 2.45) is 0 Å². The lowest BCUT2D eigenvalue weighted by Gasteiger charge is -2.31. The van der Waals surface area contributed by atoms with E-state index in [1.165, 1.54) is 17.0 Å². The zero-order chi connectivity index (χ0) is 14.8. The van der Waals surface area contributed by atoms with Gasteiger partial charge in [0.05, 0.1) is 0 Å². The number of benzene rings is 1. The van der Waals surface area contributed by atoms with Crippen LogP contribution in [-0.2, 0) is 0 Å². The predicted molar refractivity (Wildman–Crippen MR) is 77.9 cm³/mol. The van der Waals surface area contributed by atoms with E-state index in [0.717, 1.165) is 23.6 Å². The Hall–Kier alpha value is -2.37. The molecule has 1 fully saturated rings. The number of amides is 1. The Morgan fingerprint density at radius 2 is 2.29 bits per heavy atom. The van der Waals surface area contributed by atoms with Crippen LogP contribution in [0.15, 0.2) is 30.5 Å². The molecule has 1 aliphatic rings. The molecule has 0 spiro atoms. The standard InChI is InChI=1S/C15H16FN3O2/c16-11-3-4-13-10(8-11)5-6-17-14(13)18-12-2-1-7-19(9-12)15(20)21/h3-6,8,12H,1-2,7,9H2,(H,17,18)(H,20,21)/t12-/m1/s1. The van der Waals surface area contributed by atoms with Crippen molar-refractivity contribution in [2.75, 3.05) is 18.4 Å². The third kappa shape index (κ3) is 2.89. The second kappa shape index (κ2) is 5.55. The molecule has 1 aromatic carbocycles. The fraction of sp³-hybridized carbons (Fsp3) is 0.333. The summed E-state index contributed by atoms with van der Waals surface area (Å²) in [5.41, 5.74) is 0. The summed E-state index contributed by atoms with van der Waals surface area (Å²) >= 11 is 0. The maximum absolute atomic E-state index is 13.3. The Morgan fingerprint density at radius 3 is 3.10 bits per heavy atom. The number of aromatic nitrogens is 1. The molecule has 110 valence electrons. The third-order valence-electron chi connectivity index (χ3n) is 3.76. The molecule has 0 unspecified atom stereocenters. The smallest absolute Gasteiger partial charge is 0.407 e. The van der Waals surface area contributed by atoms with Crippen LogP contribution in [0.1, 0.15) is 12.8 Å². The molecule has 0 radical (unpaired) electrons. The lowest BCUT2D eigenvalue weighted by Crippen LogP contribution is -2.44. The largest absolute Gasteiger partial charge is 0.465 e. The number of rotatable bonds is 2. The highest BCUT2D eigenvalue weighted by molar-refractivity contribution is 5.91. The van der Waals surface area contributed by atoms with Crippen molar-refractivity contribution in [1.29, 1.82) is 0 Å². The average molecular weight is 289 g/mol. The molecule has 1 saturated heterocycles. The molecule has 0 bridgehead atoms. The number of hydrogen-bond acceptors (Lipinski definition) is 3. The lowest BCUT2D eigenvalue weighted by molar-refractivity contribution is 0.133. The normalized spacial score (nSPS) is 18.7. The molecule has 6 heteroatoms. The molecule has 1 amide bonds. The number of nitrogens with one attached hydrogen (secondary N) is 1. The van der Waals surface area contributed by atoms with Crippen LogP contribution in [0.25, 0.3) is 10.8 Å². The summed E-state index contributed by atoms with van der Waals surface area (Å²) in [6.45, 7) is 1.01. The van der Waals surface area contributed by atoms with Crippen LogP contribution in [0.2, 0.25) is 0 Å². The van der Waals surface area contributed by atoms with Crippen molar-refractivity contribution in [3.63, 3.8) is 0 Å². The topological polar surface area (TPSA) is 65.5 Å². The van der Waals surface area contributed by atoms with Gasteiger partial charge in [0.15, 0.2) is 0 Å². The highest BCUT2D eigenvalue weighted by Crippen LogP contribution is 2.24. The quantitative estimate of drug-likeness (QED) is 0.892. The first-order chi connectivity index (χ1) is 10.1. The van der Waals surface area contributed by atoms with Gasteiger partial charge in [-0.15, -0.1) is 0 Å². The van der Waals surface area contributed by atoms with Gasteiger partial charge in [0.1, 0.15) is 11.6 Å². The summed E-state index contributed by atoms with van der Waals surface area (Å²) in [5, 5.41) is 14.0. The van der Waals surface area contributed by atoms with Crippen LogP contribution in [0.3, 0.4) is 0 Å². The van der Waals surface area contributed by atoms with Crippen LogP contribution in [0.5, 0.6) is 0 Å². The van der Waals surface area contributed by atoms with E-state index in [0.29, 0.717) is 18.9 Å². The minimum absolute atomic E-state index is 0.0259. The molecule has 5 nitrogen and oxygen atoms in total. The van der Waals surface area contributed by atoms with Crippen molar-refractivity contribution in [2.45, 2.75) is 18.9 Å². The van der Waals surface area contributed by atoms with Crippen molar-refractivity contribution in [1.82, 2.24) is 9.88 Å². The van der Waals surface area contributed by atoms with Gasteiger partial charge in [-0.1, -0.05) is 0 Å². The van der Waals surface area contributed by atoms with Gasteiger partial charge in [0.2, 0.25) is 0 Å². The monoisotopic (exact) mass is 289 g/mol. The molecule has 1 atom stereocenters. The highest BCUT2D eigenvalue weighted by Gasteiger charge is 2.23. The molecule has 1 aliphatic heterocycles. The zero-order valence-electron chi connectivity index (χ0n) is 11.4. The maximum Gasteiger partial charge on any atom is 0.407 e. The first kappa shape index (κ1) is 13.6. The summed E-state index contributed by atoms with van der Waals surface area (Å²) in [7, 11) is 0. The third-order valence-corrected chi connectivity index (χ3v) is 3.76. The summed E-state index contributed by atoms with van der Waals surface area (Å²) in [4.78, 5) is 16.8. The van der Waals surface area contributed by atoms with E-state index < -0.39 is 6.09 Å². The van der Waals surface area contributed by atoms with Crippen LogP contribution < -0.4 is 5.32 Å². The van der Waals surface area contributed by atoms with Gasteiger partial charge in [0, 0.05) is 30.7 Å². The molecule has 0 saturated carbocycles. The van der Waals surface area contributed by atoms with Crippen LogP contribution in [-0.4, -0.2) is 40.2 Å². The second-order valence-electron chi connectivity index (χ2n) is 5.24. The molecule has 0 aliphatic carbocycles. The van der Waals surface area contributed by atoms with Gasteiger partial charge in [0.25, 0.3) is 0 Å². The van der Waals surface area contributed by atoms with E-state index in [9.17, 15) is 9.18 Å². The summed E-state index contributed by atoms with van der Waals surface area (Å²) in [6, 6.07) is 6.34. The van der Waals surface area contributed by atoms with Gasteiger partial charge in [-0.3, -0.25) is 0 Å². The second-order valence-corrected chi connectivity index (χ2v) is 5.24. The van der Waals surface area contributed by atoms with Gasteiger partial charge in [-0.25, -0.2) is 14.2 Å². The summed E-state index contributed by atoms with van der Waals surface area (Å²) in [5.74, 6) is 0.388. The van der Waals surface area contributed by atoms with E-state index in [4.69, 9.17) is 5.11 Å². The van der Waals surface area contributed by atoms with E-state index in [2.05, 4.69) is 10.3 Å². The predicted octanol–water partition coefficient (Wildman–Crippen LogP) is 2.93. The molecular weight excluding hydrogens is 273 g/mol. The molecular formula is C15H16FN3O2. The van der Waals surface area contributed by atoms with E-state index in [1.54, 1.807) is 18.3 Å². The van der Waals surface area contributed by atoms with Crippen molar-refractivity contribution in [3.8, 4) is 0 Å². The number of carboxylic acid groups (broad SMARTS) is 1. The van der Waals surface area contributed by atoms with Crippen molar-refractivity contribution in [3.05, 3.63) is 36.3 Å². The zero-order valence-corrected chi connectivity index (χ0v) is 11.4. The fourth-order valence-corrected chi connectivity index (χ4v) is 2.73. The molecule has 1 aromatic heterocycles. The molecule has 2 N–H and O–H groups in total. The lowest BCUT2D eigenvalue weighted by atomic mass is 10.1.